The van der Waals surface area contributed by atoms with Crippen molar-refractivity contribution < 1.29 is 42.9 Å². The highest BCUT2D eigenvalue weighted by Crippen LogP contribution is 2.30. The molecule has 1 aliphatic carbocycles. The molecule has 13 nitrogen and oxygen atoms in total. The fourth-order valence-electron chi connectivity index (χ4n) is 5.65. The van der Waals surface area contributed by atoms with E-state index in [1.807, 2.05) is 38.9 Å². The normalized spacial score (nSPS) is 28.8. The fraction of sp³-hybridized carbons (Fsp3) is 0.528. The molecule has 0 aromatic carbocycles. The topological polar surface area (TPSA) is 176 Å². The second kappa shape index (κ2) is 19.6. The summed E-state index contributed by atoms with van der Waals surface area (Å²) in [6.45, 7) is 11.5. The Morgan fingerprint density at radius 1 is 1.12 bits per heavy atom. The Kier molecular flexibility index (Phi) is 16.3. The molecule has 1 heterocycles. The Morgan fingerprint density at radius 3 is 2.41 bits per heavy atom. The number of nitrogens with one attached hydrogen (secondary N) is 2. The van der Waals surface area contributed by atoms with E-state index in [2.05, 4.69) is 17.2 Å². The Hall–Kier alpha value is -4.33. The van der Waals surface area contributed by atoms with Crippen LogP contribution in [-0.2, 0) is 38.1 Å². The molecule has 6 atom stereocenters. The quantitative estimate of drug-likeness (QED) is 0.175. The molecule has 2 aliphatic rings. The predicted molar refractivity (Wildman–Crippen MR) is 185 cm³/mol. The summed E-state index contributed by atoms with van der Waals surface area (Å²) in [5.41, 5.74) is 6.44. The first-order valence-electron chi connectivity index (χ1n) is 16.2. The Morgan fingerprint density at radius 2 is 1.82 bits per heavy atom. The van der Waals surface area contributed by atoms with Gasteiger partial charge in [0.25, 0.3) is 5.91 Å². The molecule has 2 amide bonds. The third kappa shape index (κ3) is 12.3. The van der Waals surface area contributed by atoms with Gasteiger partial charge < -0.3 is 40.2 Å². The molecule has 0 radical (unpaired) electrons. The fourth-order valence-corrected chi connectivity index (χ4v) is 5.65. The number of allylic oxidation sites excluding steroid dienone is 4. The van der Waals surface area contributed by atoms with E-state index in [9.17, 15) is 24.0 Å². The molecule has 0 saturated carbocycles. The lowest BCUT2D eigenvalue weighted by atomic mass is 9.85. The highest BCUT2D eigenvalue weighted by Gasteiger charge is 2.35. The van der Waals surface area contributed by atoms with Gasteiger partial charge in [-0.2, -0.15) is 0 Å². The lowest BCUT2D eigenvalue weighted by Crippen LogP contribution is -2.40. The standard InChI is InChI=1S/C36H52N4O9/c1-10-15-38-31-25-17-21(2)18-29(47-9)34(48-30(42)14-16-40(6)7)24(5)19-23(4)33(49-36(37)45)28(46-8)13-11-12-22(3)35(44)39-26(32(25)43)20-27(31)41/h10-13,19-21,24,28-29,33-34,38H,1,14-18H2,2-9H3,(H2,37,45)(H,39,44)/b13-11+,22-12-,23-19+. The van der Waals surface area contributed by atoms with Gasteiger partial charge in [-0.1, -0.05) is 44.2 Å². The van der Waals surface area contributed by atoms with E-state index >= 15 is 0 Å². The van der Waals surface area contributed by atoms with Crippen molar-refractivity contribution in [1.29, 1.82) is 0 Å². The SMILES string of the molecule is C=CCNC1=C2CC(C)CC(OC)C(OC(=O)CCN(C)C)C(C)/C=C(\C)C(OC(N)=O)C(OC)/C=C/C=C(/C)C(=O)NC(=CC1=O)C2=O. The van der Waals surface area contributed by atoms with Crippen molar-refractivity contribution in [2.24, 2.45) is 17.6 Å². The maximum atomic E-state index is 13.8. The number of ether oxygens (including phenoxy) is 4. The zero-order valence-corrected chi connectivity index (χ0v) is 29.9. The first-order chi connectivity index (χ1) is 23.1. The monoisotopic (exact) mass is 684 g/mol. The van der Waals surface area contributed by atoms with Gasteiger partial charge >= 0.3 is 12.1 Å². The van der Waals surface area contributed by atoms with E-state index in [-0.39, 0.29) is 47.8 Å². The molecular weight excluding hydrogens is 632 g/mol. The zero-order chi connectivity index (χ0) is 36.8. The summed E-state index contributed by atoms with van der Waals surface area (Å²) in [6.07, 6.45) is 5.52. The van der Waals surface area contributed by atoms with E-state index < -0.39 is 59.9 Å². The minimum atomic E-state index is -1.02. The third-order valence-electron chi connectivity index (χ3n) is 8.21. The molecule has 0 saturated heterocycles. The number of hydrogen-bond donors (Lipinski definition) is 3. The largest absolute Gasteiger partial charge is 0.459 e. The number of amides is 2. The van der Waals surface area contributed by atoms with E-state index in [0.717, 1.165) is 6.08 Å². The molecule has 0 fully saturated rings. The van der Waals surface area contributed by atoms with Gasteiger partial charge in [0.2, 0.25) is 11.6 Å². The molecule has 270 valence electrons. The zero-order valence-electron chi connectivity index (χ0n) is 29.9. The highest BCUT2D eigenvalue weighted by molar-refractivity contribution is 6.23. The van der Waals surface area contributed by atoms with Gasteiger partial charge in [0.15, 0.2) is 6.10 Å². The van der Waals surface area contributed by atoms with Crippen LogP contribution in [0.15, 0.2) is 71.1 Å². The van der Waals surface area contributed by atoms with Crippen LogP contribution in [0.4, 0.5) is 4.79 Å². The Bertz CT molecular complexity index is 1410. The summed E-state index contributed by atoms with van der Waals surface area (Å²) in [5, 5.41) is 5.57. The maximum Gasteiger partial charge on any atom is 0.405 e. The summed E-state index contributed by atoms with van der Waals surface area (Å²) in [5.74, 6) is -2.68. The molecule has 6 unspecified atom stereocenters. The summed E-state index contributed by atoms with van der Waals surface area (Å²) >= 11 is 0. The minimum Gasteiger partial charge on any atom is -0.459 e. The van der Waals surface area contributed by atoms with Crippen molar-refractivity contribution >= 4 is 29.5 Å². The van der Waals surface area contributed by atoms with E-state index in [0.29, 0.717) is 18.5 Å². The number of esters is 1. The lowest BCUT2D eigenvalue weighted by molar-refractivity contribution is -0.160. The van der Waals surface area contributed by atoms with Crippen LogP contribution in [-0.4, -0.2) is 100 Å². The molecule has 0 spiro atoms. The lowest BCUT2D eigenvalue weighted by Gasteiger charge is -2.33. The smallest absolute Gasteiger partial charge is 0.405 e. The number of Topliss-reactive ketones (excluding diaryl/α,β-unsaturated/α-hetero) is 1. The van der Waals surface area contributed by atoms with Crippen LogP contribution in [0.5, 0.6) is 0 Å². The van der Waals surface area contributed by atoms with Crippen LogP contribution in [0.2, 0.25) is 0 Å². The van der Waals surface area contributed by atoms with Crippen LogP contribution >= 0.6 is 0 Å². The average Bonchev–Trinajstić information content (AvgIpc) is 3.03. The number of fused-ring (bicyclic) bond motifs is 2. The summed E-state index contributed by atoms with van der Waals surface area (Å²) in [7, 11) is 6.65. The number of nitrogens with two attached hydrogens (primary N) is 1. The number of nitrogens with zero attached hydrogens (tertiary/aromatic N) is 1. The van der Waals surface area contributed by atoms with Crippen LogP contribution in [0.25, 0.3) is 0 Å². The van der Waals surface area contributed by atoms with Gasteiger partial charge in [-0.25, -0.2) is 4.79 Å². The minimum absolute atomic E-state index is 0.134. The molecule has 13 heteroatoms. The van der Waals surface area contributed by atoms with Crippen molar-refractivity contribution in [2.75, 3.05) is 41.4 Å². The summed E-state index contributed by atoms with van der Waals surface area (Å²) < 4.78 is 23.1. The van der Waals surface area contributed by atoms with Gasteiger partial charge in [0.1, 0.15) is 12.2 Å². The highest BCUT2D eigenvalue weighted by atomic mass is 16.6. The van der Waals surface area contributed by atoms with Gasteiger partial charge in [0.05, 0.1) is 23.9 Å². The van der Waals surface area contributed by atoms with E-state index in [4.69, 9.17) is 24.7 Å². The third-order valence-corrected chi connectivity index (χ3v) is 8.21. The predicted octanol–water partition coefficient (Wildman–Crippen LogP) is 3.04. The number of ketones is 2. The van der Waals surface area contributed by atoms with Gasteiger partial charge in [-0.3, -0.25) is 19.2 Å². The van der Waals surface area contributed by atoms with Crippen molar-refractivity contribution in [1.82, 2.24) is 15.5 Å². The van der Waals surface area contributed by atoms with Crippen LogP contribution in [0.3, 0.4) is 0 Å². The van der Waals surface area contributed by atoms with Crippen molar-refractivity contribution in [3.8, 4) is 0 Å². The first kappa shape index (κ1) is 40.8. The number of carbonyl (C=O) groups excluding carboxylic acids is 5. The average molecular weight is 685 g/mol. The number of methoxy groups -OCH3 is 2. The number of hydrogen-bond acceptors (Lipinski definition) is 11. The molecule has 2 rings (SSSR count). The number of carbonyl (C=O) groups is 5. The molecular formula is C36H52N4O9. The summed E-state index contributed by atoms with van der Waals surface area (Å²) in [4.78, 5) is 67.1. The molecule has 1 aliphatic heterocycles. The second-order valence-electron chi connectivity index (χ2n) is 12.6. The van der Waals surface area contributed by atoms with E-state index in [1.54, 1.807) is 32.1 Å². The number of primary amides is 1. The molecule has 0 aromatic rings. The Balaban J connectivity index is 2.73. The number of rotatable bonds is 10. The van der Waals surface area contributed by atoms with E-state index in [1.165, 1.54) is 20.3 Å². The van der Waals surface area contributed by atoms with Crippen molar-refractivity contribution in [3.05, 3.63) is 71.1 Å². The Labute approximate surface area is 289 Å². The molecule has 49 heavy (non-hydrogen) atoms. The van der Waals surface area contributed by atoms with Gasteiger partial charge in [0, 0.05) is 50.4 Å². The van der Waals surface area contributed by atoms with Gasteiger partial charge in [-0.15, -0.1) is 6.58 Å². The molecule has 4 N–H and O–H groups in total. The van der Waals surface area contributed by atoms with Crippen LogP contribution < -0.4 is 16.4 Å². The molecule has 0 aromatic heterocycles. The summed E-state index contributed by atoms with van der Waals surface area (Å²) in [6, 6.07) is 0. The second-order valence-corrected chi connectivity index (χ2v) is 12.6. The van der Waals surface area contributed by atoms with Crippen molar-refractivity contribution in [3.63, 3.8) is 0 Å². The van der Waals surface area contributed by atoms with Crippen molar-refractivity contribution in [2.45, 2.75) is 71.4 Å². The van der Waals surface area contributed by atoms with Crippen LogP contribution in [0.1, 0.15) is 47.0 Å². The van der Waals surface area contributed by atoms with Crippen LogP contribution in [0, 0.1) is 11.8 Å². The molecule has 2 bridgehead atoms. The maximum absolute atomic E-state index is 13.8. The first-order valence-corrected chi connectivity index (χ1v) is 16.2. The van der Waals surface area contributed by atoms with Gasteiger partial charge in [-0.05, 0) is 52.3 Å².